The Morgan fingerprint density at radius 3 is 2.69 bits per heavy atom. The normalized spacial score (nSPS) is 11.3. The van der Waals surface area contributed by atoms with Gasteiger partial charge in [-0.1, -0.05) is 30.3 Å². The molecule has 4 aromatic rings. The van der Waals surface area contributed by atoms with E-state index in [1.54, 1.807) is 16.3 Å². The number of nitrogens with zero attached hydrogens (tertiary/aromatic N) is 2. The quantitative estimate of drug-likeness (QED) is 0.263. The van der Waals surface area contributed by atoms with Gasteiger partial charge in [0.2, 0.25) is 11.4 Å². The van der Waals surface area contributed by atoms with E-state index in [-0.39, 0.29) is 12.5 Å². The third-order valence-electron chi connectivity index (χ3n) is 5.16. The van der Waals surface area contributed by atoms with Crippen molar-refractivity contribution >= 4 is 39.5 Å². The van der Waals surface area contributed by atoms with Crippen LogP contribution in [0.1, 0.15) is 24.1 Å². The maximum atomic E-state index is 12.8. The minimum Gasteiger partial charge on any atom is -0.396 e. The number of aromatic nitrogens is 2. The molecule has 0 aliphatic carbocycles. The number of aliphatic hydroxyl groups excluding tert-OH is 1. The molecule has 0 spiro atoms. The fraction of sp³-hybridized carbons (Fsp3) is 0.250. The molecule has 4 rings (SSSR count). The number of aliphatic hydroxyl groups is 1. The van der Waals surface area contributed by atoms with Crippen molar-refractivity contribution in [1.29, 1.82) is 0 Å². The monoisotopic (exact) mass is 405 g/mol. The van der Waals surface area contributed by atoms with Crippen LogP contribution in [0.15, 0.2) is 78.0 Å². The minimum atomic E-state index is 0.0843. The summed E-state index contributed by atoms with van der Waals surface area (Å²) in [4.78, 5) is 13.9. The molecule has 0 aliphatic rings. The molecule has 0 atom stereocenters. The zero-order chi connectivity index (χ0) is 20.1. The fourth-order valence-corrected chi connectivity index (χ4v) is 4.56. The van der Waals surface area contributed by atoms with E-state index in [0.717, 1.165) is 41.6 Å². The van der Waals surface area contributed by atoms with Gasteiger partial charge in [-0.25, -0.2) is 0 Å². The van der Waals surface area contributed by atoms with Crippen LogP contribution in [0.25, 0.3) is 21.8 Å². The lowest BCUT2D eigenvalue weighted by Gasteiger charge is -2.08. The largest absolute Gasteiger partial charge is 0.396 e. The van der Waals surface area contributed by atoms with Gasteiger partial charge in [0, 0.05) is 41.6 Å². The van der Waals surface area contributed by atoms with E-state index in [1.165, 1.54) is 10.9 Å². The number of carbonyl (C=O) groups is 1. The highest BCUT2D eigenvalue weighted by molar-refractivity contribution is 8.00. The summed E-state index contributed by atoms with van der Waals surface area (Å²) < 4.78 is 4.01. The molecule has 0 amide bonds. The van der Waals surface area contributed by atoms with Crippen molar-refractivity contribution in [3.63, 3.8) is 0 Å². The zero-order valence-electron chi connectivity index (χ0n) is 16.3. The predicted octanol–water partition coefficient (Wildman–Crippen LogP) is 4.68. The topological polar surface area (TPSA) is 46.1 Å². The first-order chi connectivity index (χ1) is 14.3. The van der Waals surface area contributed by atoms with E-state index in [0.29, 0.717) is 5.75 Å². The van der Waals surface area contributed by atoms with Crippen LogP contribution in [0.3, 0.4) is 0 Å². The van der Waals surface area contributed by atoms with Crippen LogP contribution in [0.4, 0.5) is 0 Å². The van der Waals surface area contributed by atoms with Crippen molar-refractivity contribution in [3.05, 3.63) is 73.1 Å². The second-order valence-corrected chi connectivity index (χ2v) is 8.12. The van der Waals surface area contributed by atoms with E-state index in [9.17, 15) is 4.79 Å². The van der Waals surface area contributed by atoms with E-state index >= 15 is 0 Å². The molecule has 29 heavy (non-hydrogen) atoms. The number of hydrogen-bond donors (Lipinski definition) is 1. The molecule has 2 heterocycles. The average molecular weight is 406 g/mol. The lowest BCUT2D eigenvalue weighted by atomic mass is 10.2. The van der Waals surface area contributed by atoms with Gasteiger partial charge in [0.25, 0.3) is 0 Å². The number of para-hydroxylation sites is 2. The highest BCUT2D eigenvalue weighted by Gasteiger charge is 2.15. The van der Waals surface area contributed by atoms with Crippen molar-refractivity contribution in [1.82, 2.24) is 4.57 Å². The third kappa shape index (κ3) is 4.36. The van der Waals surface area contributed by atoms with Gasteiger partial charge < -0.3 is 5.11 Å². The smallest absolute Gasteiger partial charge is 0.241 e. The Kier molecular flexibility index (Phi) is 6.27. The van der Waals surface area contributed by atoms with Crippen LogP contribution in [-0.2, 0) is 6.54 Å². The Labute approximate surface area is 174 Å². The molecule has 0 radical (unpaired) electrons. The molecule has 0 bridgehead atoms. The van der Waals surface area contributed by atoms with E-state index in [2.05, 4.69) is 35.0 Å². The molecule has 0 unspecified atom stereocenters. The summed E-state index contributed by atoms with van der Waals surface area (Å²) >= 11 is 1.59. The standard InChI is InChI=1S/C24H25N2O2S/c27-17-7-1-6-14-25-15-13-23(20-9-3-5-11-22(20)25)29-18-24(28)26-16-12-19-8-2-4-10-21(19)26/h2-5,8-13,15-16,27H,1,6-7,14,17-18H2/q+1. The summed E-state index contributed by atoms with van der Waals surface area (Å²) in [6.07, 6.45) is 6.88. The van der Waals surface area contributed by atoms with Crippen molar-refractivity contribution in [2.75, 3.05) is 12.4 Å². The van der Waals surface area contributed by atoms with Crippen molar-refractivity contribution < 1.29 is 14.5 Å². The summed E-state index contributed by atoms with van der Waals surface area (Å²) in [6, 6.07) is 20.4. The highest BCUT2D eigenvalue weighted by atomic mass is 32.2. The zero-order valence-corrected chi connectivity index (χ0v) is 17.1. The number of pyridine rings is 1. The molecule has 2 aromatic heterocycles. The SMILES string of the molecule is O=C(CSc1cc[n+](CCCCCO)c2ccccc12)n1ccc2ccccc21. The van der Waals surface area contributed by atoms with Gasteiger partial charge >= 0.3 is 0 Å². The number of fused-ring (bicyclic) bond motifs is 2. The lowest BCUT2D eigenvalue weighted by molar-refractivity contribution is -0.672. The van der Waals surface area contributed by atoms with Gasteiger partial charge in [-0.2, -0.15) is 4.57 Å². The number of unbranched alkanes of at least 4 members (excludes halogenated alkanes) is 2. The van der Waals surface area contributed by atoms with Crippen LogP contribution in [0.2, 0.25) is 0 Å². The second-order valence-electron chi connectivity index (χ2n) is 7.10. The first-order valence-corrected chi connectivity index (χ1v) is 11.0. The first-order valence-electron chi connectivity index (χ1n) is 10.0. The number of benzene rings is 2. The van der Waals surface area contributed by atoms with E-state index in [1.807, 2.05) is 42.6 Å². The molecule has 5 heteroatoms. The molecule has 1 N–H and O–H groups in total. The number of aryl methyl sites for hydroxylation is 1. The molecule has 0 saturated carbocycles. The van der Waals surface area contributed by atoms with Gasteiger partial charge in [0.15, 0.2) is 6.20 Å². The number of thioether (sulfide) groups is 1. The van der Waals surface area contributed by atoms with Crippen LogP contribution < -0.4 is 4.57 Å². The molecule has 2 aromatic carbocycles. The molecule has 0 fully saturated rings. The van der Waals surface area contributed by atoms with E-state index < -0.39 is 0 Å². The predicted molar refractivity (Wildman–Crippen MR) is 118 cm³/mol. The number of rotatable bonds is 8. The van der Waals surface area contributed by atoms with Crippen LogP contribution in [0.5, 0.6) is 0 Å². The van der Waals surface area contributed by atoms with E-state index in [4.69, 9.17) is 5.11 Å². The van der Waals surface area contributed by atoms with Crippen LogP contribution in [-0.4, -0.2) is 27.9 Å². The van der Waals surface area contributed by atoms with Gasteiger partial charge in [0.1, 0.15) is 6.54 Å². The maximum absolute atomic E-state index is 12.8. The summed E-state index contributed by atoms with van der Waals surface area (Å²) in [5.74, 6) is 0.476. The summed E-state index contributed by atoms with van der Waals surface area (Å²) in [7, 11) is 0. The molecular formula is C24H25N2O2S+. The van der Waals surface area contributed by atoms with Crippen molar-refractivity contribution in [2.24, 2.45) is 0 Å². The molecule has 148 valence electrons. The van der Waals surface area contributed by atoms with Gasteiger partial charge in [-0.05, 0) is 31.0 Å². The summed E-state index contributed by atoms with van der Waals surface area (Å²) in [5.41, 5.74) is 2.14. The van der Waals surface area contributed by atoms with Gasteiger partial charge in [-0.15, -0.1) is 11.8 Å². The van der Waals surface area contributed by atoms with Crippen molar-refractivity contribution in [2.45, 2.75) is 30.7 Å². The van der Waals surface area contributed by atoms with Crippen LogP contribution >= 0.6 is 11.8 Å². The lowest BCUT2D eigenvalue weighted by Crippen LogP contribution is -2.34. The minimum absolute atomic E-state index is 0.0843. The Balaban J connectivity index is 1.51. The Morgan fingerprint density at radius 1 is 0.966 bits per heavy atom. The van der Waals surface area contributed by atoms with Gasteiger partial charge in [0.05, 0.1) is 16.7 Å². The second kappa shape index (κ2) is 9.25. The maximum Gasteiger partial charge on any atom is 0.241 e. The van der Waals surface area contributed by atoms with Crippen molar-refractivity contribution in [3.8, 4) is 0 Å². The Hall–Kier alpha value is -2.63. The fourth-order valence-electron chi connectivity index (χ4n) is 3.66. The molecule has 4 nitrogen and oxygen atoms in total. The molecular weight excluding hydrogens is 380 g/mol. The number of hydrogen-bond acceptors (Lipinski definition) is 3. The van der Waals surface area contributed by atoms with Crippen LogP contribution in [0, 0.1) is 0 Å². The average Bonchev–Trinajstić information content (AvgIpc) is 3.20. The summed E-state index contributed by atoms with van der Waals surface area (Å²) in [5, 5.41) is 11.2. The summed E-state index contributed by atoms with van der Waals surface area (Å²) in [6.45, 7) is 1.19. The molecule has 0 aliphatic heterocycles. The Bertz CT molecular complexity index is 1140. The first kappa shape index (κ1) is 19.7. The number of carbonyl (C=O) groups excluding carboxylic acids is 1. The Morgan fingerprint density at radius 2 is 1.79 bits per heavy atom. The third-order valence-corrected chi connectivity index (χ3v) is 6.22. The highest BCUT2D eigenvalue weighted by Crippen LogP contribution is 2.27. The van der Waals surface area contributed by atoms with Gasteiger partial charge in [-0.3, -0.25) is 9.36 Å². The molecule has 0 saturated heterocycles.